The summed E-state index contributed by atoms with van der Waals surface area (Å²) in [5.74, 6) is 0.200. The van der Waals surface area contributed by atoms with Crippen molar-refractivity contribution in [1.82, 2.24) is 0 Å². The van der Waals surface area contributed by atoms with E-state index in [1.165, 1.54) is 7.11 Å². The third-order valence-corrected chi connectivity index (χ3v) is 3.37. The molecule has 0 bridgehead atoms. The summed E-state index contributed by atoms with van der Waals surface area (Å²) >= 11 is 12.1. The van der Waals surface area contributed by atoms with E-state index in [0.29, 0.717) is 22.2 Å². The van der Waals surface area contributed by atoms with Crippen molar-refractivity contribution in [3.63, 3.8) is 0 Å². The van der Waals surface area contributed by atoms with Gasteiger partial charge in [0.05, 0.1) is 25.2 Å². The summed E-state index contributed by atoms with van der Waals surface area (Å²) in [5.41, 5.74) is 6.81. The number of carbonyl (C=O) groups is 1. The number of benzene rings is 1. The Labute approximate surface area is 129 Å². The number of hydrogen-bond acceptors (Lipinski definition) is 4. The van der Waals surface area contributed by atoms with Gasteiger partial charge in [-0.15, -0.1) is 0 Å². The minimum Gasteiger partial charge on any atom is -0.491 e. The average molecular weight is 320 g/mol. The van der Waals surface area contributed by atoms with Gasteiger partial charge in [-0.3, -0.25) is 4.79 Å². The zero-order valence-electron chi connectivity index (χ0n) is 11.6. The standard InChI is InChI=1S/C14H19Cl2NO3/c1-3-11(17)7-9-6-10(15)8-12(16)14(9)20-5-4-13(18)19-2/h6,8,11H,3-5,7,17H2,1-2H3. The number of ether oxygens (including phenoxy) is 2. The van der Waals surface area contributed by atoms with Gasteiger partial charge in [0.1, 0.15) is 5.75 Å². The first-order valence-corrected chi connectivity index (χ1v) is 7.16. The third kappa shape index (κ3) is 5.19. The van der Waals surface area contributed by atoms with Crippen molar-refractivity contribution in [3.05, 3.63) is 27.7 Å². The van der Waals surface area contributed by atoms with Crippen molar-refractivity contribution < 1.29 is 14.3 Å². The monoisotopic (exact) mass is 319 g/mol. The molecule has 20 heavy (non-hydrogen) atoms. The quantitative estimate of drug-likeness (QED) is 0.784. The molecular formula is C14H19Cl2NO3. The van der Waals surface area contributed by atoms with Crippen LogP contribution in [0.3, 0.4) is 0 Å². The van der Waals surface area contributed by atoms with Crippen LogP contribution >= 0.6 is 23.2 Å². The summed E-state index contributed by atoms with van der Waals surface area (Å²) in [6, 6.07) is 3.40. The minimum atomic E-state index is -0.332. The molecule has 112 valence electrons. The predicted molar refractivity (Wildman–Crippen MR) is 80.6 cm³/mol. The lowest BCUT2D eigenvalue weighted by Gasteiger charge is -2.16. The van der Waals surface area contributed by atoms with E-state index in [1.54, 1.807) is 12.1 Å². The van der Waals surface area contributed by atoms with Crippen molar-refractivity contribution in [1.29, 1.82) is 0 Å². The van der Waals surface area contributed by atoms with Crippen LogP contribution in [0.15, 0.2) is 12.1 Å². The summed E-state index contributed by atoms with van der Waals surface area (Å²) in [7, 11) is 1.34. The van der Waals surface area contributed by atoms with Gasteiger partial charge in [-0.25, -0.2) is 0 Å². The van der Waals surface area contributed by atoms with Crippen molar-refractivity contribution in [2.75, 3.05) is 13.7 Å². The fourth-order valence-electron chi connectivity index (χ4n) is 1.69. The Bertz CT molecular complexity index is 466. The Kier molecular flexibility index (Phi) is 7.13. The maximum atomic E-state index is 11.1. The molecule has 0 aromatic heterocycles. The van der Waals surface area contributed by atoms with Crippen LogP contribution in [-0.2, 0) is 16.0 Å². The maximum absolute atomic E-state index is 11.1. The van der Waals surface area contributed by atoms with Gasteiger partial charge in [0.25, 0.3) is 0 Å². The molecule has 0 saturated heterocycles. The van der Waals surface area contributed by atoms with E-state index in [-0.39, 0.29) is 25.0 Å². The summed E-state index contributed by atoms with van der Waals surface area (Å²) in [6.45, 7) is 2.21. The third-order valence-electron chi connectivity index (χ3n) is 2.87. The molecule has 0 aliphatic carbocycles. The second-order valence-corrected chi connectivity index (χ2v) is 5.27. The Hall–Kier alpha value is -0.970. The molecule has 1 atom stereocenters. The molecule has 0 amide bonds. The lowest BCUT2D eigenvalue weighted by molar-refractivity contribution is -0.141. The van der Waals surface area contributed by atoms with Crippen LogP contribution in [0.4, 0.5) is 0 Å². The van der Waals surface area contributed by atoms with Crippen molar-refractivity contribution in [2.24, 2.45) is 5.73 Å². The van der Waals surface area contributed by atoms with E-state index in [2.05, 4.69) is 4.74 Å². The lowest BCUT2D eigenvalue weighted by Crippen LogP contribution is -2.22. The van der Waals surface area contributed by atoms with Crippen LogP contribution in [0.1, 0.15) is 25.3 Å². The van der Waals surface area contributed by atoms with Gasteiger partial charge in [-0.1, -0.05) is 30.1 Å². The molecule has 0 aliphatic rings. The predicted octanol–water partition coefficient (Wildman–Crippen LogP) is 3.22. The van der Waals surface area contributed by atoms with Crippen LogP contribution in [0.5, 0.6) is 5.75 Å². The van der Waals surface area contributed by atoms with Gasteiger partial charge in [0, 0.05) is 11.1 Å². The molecule has 1 aromatic rings. The summed E-state index contributed by atoms with van der Waals surface area (Å²) in [5, 5.41) is 0.953. The Balaban J connectivity index is 2.83. The molecule has 0 radical (unpaired) electrons. The fourth-order valence-corrected chi connectivity index (χ4v) is 2.28. The van der Waals surface area contributed by atoms with Crippen molar-refractivity contribution >= 4 is 29.2 Å². The number of esters is 1. The molecule has 1 unspecified atom stereocenters. The number of carbonyl (C=O) groups excluding carboxylic acids is 1. The minimum absolute atomic E-state index is 0.00694. The lowest BCUT2D eigenvalue weighted by atomic mass is 10.0. The van der Waals surface area contributed by atoms with Gasteiger partial charge in [-0.05, 0) is 30.5 Å². The highest BCUT2D eigenvalue weighted by Gasteiger charge is 2.14. The number of hydrogen-bond donors (Lipinski definition) is 1. The van der Waals surface area contributed by atoms with Crippen molar-refractivity contribution in [3.8, 4) is 5.75 Å². The van der Waals surface area contributed by atoms with Crippen LogP contribution < -0.4 is 10.5 Å². The molecule has 0 spiro atoms. The number of nitrogens with two attached hydrogens (primary N) is 1. The van der Waals surface area contributed by atoms with E-state index in [1.807, 2.05) is 6.92 Å². The largest absolute Gasteiger partial charge is 0.491 e. The second-order valence-electron chi connectivity index (χ2n) is 4.42. The first kappa shape index (κ1) is 17.1. The molecular weight excluding hydrogens is 301 g/mol. The van der Waals surface area contributed by atoms with Gasteiger partial charge < -0.3 is 15.2 Å². The number of halogens is 2. The first-order valence-electron chi connectivity index (χ1n) is 6.41. The molecule has 4 nitrogen and oxygen atoms in total. The number of rotatable bonds is 7. The molecule has 2 N–H and O–H groups in total. The normalized spacial score (nSPS) is 12.1. The molecule has 0 heterocycles. The van der Waals surface area contributed by atoms with Gasteiger partial charge >= 0.3 is 5.97 Å². The van der Waals surface area contributed by atoms with E-state index < -0.39 is 0 Å². The SMILES string of the molecule is CCC(N)Cc1cc(Cl)cc(Cl)c1OCCC(=O)OC. The van der Waals surface area contributed by atoms with Gasteiger partial charge in [0.15, 0.2) is 0 Å². The van der Waals surface area contributed by atoms with Crippen molar-refractivity contribution in [2.45, 2.75) is 32.2 Å². The smallest absolute Gasteiger partial charge is 0.308 e. The highest BCUT2D eigenvalue weighted by molar-refractivity contribution is 6.35. The van der Waals surface area contributed by atoms with Crippen LogP contribution in [0.25, 0.3) is 0 Å². The highest BCUT2D eigenvalue weighted by Crippen LogP contribution is 2.33. The van der Waals surface area contributed by atoms with E-state index in [4.69, 9.17) is 33.7 Å². The maximum Gasteiger partial charge on any atom is 0.308 e. The number of methoxy groups -OCH3 is 1. The molecule has 1 aromatic carbocycles. The first-order chi connectivity index (χ1) is 9.47. The summed E-state index contributed by atoms with van der Waals surface area (Å²) in [6.07, 6.45) is 1.62. The Morgan fingerprint density at radius 3 is 2.70 bits per heavy atom. The molecule has 6 heteroatoms. The molecule has 0 fully saturated rings. The summed E-state index contributed by atoms with van der Waals surface area (Å²) in [4.78, 5) is 11.1. The zero-order chi connectivity index (χ0) is 15.1. The van der Waals surface area contributed by atoms with Crippen LogP contribution in [0.2, 0.25) is 10.0 Å². The van der Waals surface area contributed by atoms with E-state index in [9.17, 15) is 4.79 Å². The topological polar surface area (TPSA) is 61.5 Å². The van der Waals surface area contributed by atoms with Crippen LogP contribution in [0, 0.1) is 0 Å². The highest BCUT2D eigenvalue weighted by atomic mass is 35.5. The molecule has 0 saturated carbocycles. The van der Waals surface area contributed by atoms with E-state index >= 15 is 0 Å². The molecule has 1 rings (SSSR count). The molecule has 0 aliphatic heterocycles. The Morgan fingerprint density at radius 1 is 1.40 bits per heavy atom. The Morgan fingerprint density at radius 2 is 2.10 bits per heavy atom. The van der Waals surface area contributed by atoms with Gasteiger partial charge in [0.2, 0.25) is 0 Å². The fraction of sp³-hybridized carbons (Fsp3) is 0.500. The van der Waals surface area contributed by atoms with Gasteiger partial charge in [-0.2, -0.15) is 0 Å². The summed E-state index contributed by atoms with van der Waals surface area (Å²) < 4.78 is 10.2. The zero-order valence-corrected chi connectivity index (χ0v) is 13.1. The average Bonchev–Trinajstić information content (AvgIpc) is 2.41. The van der Waals surface area contributed by atoms with E-state index in [0.717, 1.165) is 12.0 Å². The second kappa shape index (κ2) is 8.35. The van der Waals surface area contributed by atoms with Crippen LogP contribution in [-0.4, -0.2) is 25.7 Å².